The number of H-pyrrole nitrogens is 1. The minimum Gasteiger partial charge on any atom is -0.500 e. The van der Waals surface area contributed by atoms with Crippen LogP contribution in [0.25, 0.3) is 15.7 Å². The molecule has 4 rings (SSSR count). The number of aryl methyl sites for hydroxylation is 1. The lowest BCUT2D eigenvalue weighted by atomic mass is 9.86. The predicted molar refractivity (Wildman–Crippen MR) is 109 cm³/mol. The molecule has 1 unspecified atom stereocenters. The maximum Gasteiger partial charge on any atom is 0.266 e. The Labute approximate surface area is 165 Å². The largest absolute Gasteiger partial charge is 0.500 e. The van der Waals surface area contributed by atoms with Gasteiger partial charge in [-0.15, -0.1) is 22.9 Å². The second-order valence-corrected chi connectivity index (χ2v) is 8.08. The molecule has 0 saturated carbocycles. The zero-order chi connectivity index (χ0) is 19.1. The Kier molecular flexibility index (Phi) is 4.82. The van der Waals surface area contributed by atoms with Crippen molar-refractivity contribution in [2.24, 2.45) is 0 Å². The van der Waals surface area contributed by atoms with Gasteiger partial charge in [0.25, 0.3) is 5.56 Å². The van der Waals surface area contributed by atoms with Crippen molar-refractivity contribution in [2.45, 2.75) is 31.6 Å². The van der Waals surface area contributed by atoms with Crippen LogP contribution in [0, 0.1) is 5.82 Å². The number of fused-ring (bicyclic) bond motifs is 3. The van der Waals surface area contributed by atoms with E-state index in [0.717, 1.165) is 28.5 Å². The third-order valence-electron chi connectivity index (χ3n) is 4.97. The topological polar surface area (TPSA) is 42.1 Å². The Morgan fingerprint density at radius 2 is 2.19 bits per heavy atom. The van der Waals surface area contributed by atoms with Crippen molar-refractivity contribution in [3.8, 4) is 0 Å². The van der Waals surface area contributed by atoms with E-state index < -0.39 is 5.38 Å². The quantitative estimate of drug-likeness (QED) is 0.562. The summed E-state index contributed by atoms with van der Waals surface area (Å²) in [7, 11) is 1.60. The molecule has 0 fully saturated rings. The van der Waals surface area contributed by atoms with Crippen LogP contribution in [0.2, 0.25) is 0 Å². The molecule has 3 aromatic rings. The molecule has 2 heterocycles. The van der Waals surface area contributed by atoms with Gasteiger partial charge < -0.3 is 9.72 Å². The van der Waals surface area contributed by atoms with Gasteiger partial charge in [-0.3, -0.25) is 4.79 Å². The number of aromatic nitrogens is 1. The van der Waals surface area contributed by atoms with Crippen LogP contribution >= 0.6 is 22.9 Å². The molecule has 0 aliphatic heterocycles. The number of alkyl halides is 1. The highest BCUT2D eigenvalue weighted by Gasteiger charge is 2.31. The highest BCUT2D eigenvalue weighted by Crippen LogP contribution is 2.45. The molecule has 6 heteroatoms. The van der Waals surface area contributed by atoms with E-state index in [1.807, 2.05) is 30.5 Å². The van der Waals surface area contributed by atoms with Gasteiger partial charge in [0.2, 0.25) is 0 Å². The van der Waals surface area contributed by atoms with Gasteiger partial charge in [0.15, 0.2) is 0 Å². The van der Waals surface area contributed by atoms with Crippen molar-refractivity contribution in [1.29, 1.82) is 0 Å². The Balaban J connectivity index is 2.01. The maximum absolute atomic E-state index is 14.6. The van der Waals surface area contributed by atoms with Crippen molar-refractivity contribution in [3.63, 3.8) is 0 Å². The number of thiophene rings is 1. The van der Waals surface area contributed by atoms with Gasteiger partial charge >= 0.3 is 0 Å². The van der Waals surface area contributed by atoms with Crippen LogP contribution in [0.5, 0.6) is 0 Å². The molecule has 1 N–H and O–H groups in total. The molecule has 1 aliphatic carbocycles. The molecule has 27 heavy (non-hydrogen) atoms. The fourth-order valence-corrected chi connectivity index (χ4v) is 4.84. The molecule has 140 valence electrons. The molecular weight excluding hydrogens is 385 g/mol. The Morgan fingerprint density at radius 3 is 2.89 bits per heavy atom. The van der Waals surface area contributed by atoms with E-state index in [2.05, 4.69) is 4.98 Å². The van der Waals surface area contributed by atoms with Gasteiger partial charge in [-0.25, -0.2) is 4.39 Å². The minimum absolute atomic E-state index is 0.144. The first-order chi connectivity index (χ1) is 13.0. The number of methoxy groups -OCH3 is 1. The first-order valence-corrected chi connectivity index (χ1v) is 10.2. The normalized spacial score (nSPS) is 16.7. The summed E-state index contributed by atoms with van der Waals surface area (Å²) in [6, 6.07) is 7.22. The van der Waals surface area contributed by atoms with Crippen molar-refractivity contribution in [1.82, 2.24) is 4.98 Å². The molecule has 0 spiro atoms. The summed E-state index contributed by atoms with van der Waals surface area (Å²) in [4.78, 5) is 15.3. The number of hydrogen-bond donors (Lipinski definition) is 1. The van der Waals surface area contributed by atoms with Gasteiger partial charge in [0.1, 0.15) is 16.3 Å². The average molecular weight is 404 g/mol. The molecule has 1 aliphatic rings. The fraction of sp³-hybridized carbons (Fsp3) is 0.286. The lowest BCUT2D eigenvalue weighted by Crippen LogP contribution is -2.18. The van der Waals surface area contributed by atoms with E-state index in [-0.39, 0.29) is 11.4 Å². The SMILES string of the molecule is CCCc1ccc(C2=C(OC)CC(Cl)c3[nH]c(=O)c4sccc4c32)cc1F. The van der Waals surface area contributed by atoms with Gasteiger partial charge in [0.05, 0.1) is 12.5 Å². The van der Waals surface area contributed by atoms with Crippen LogP contribution in [0.1, 0.15) is 47.5 Å². The van der Waals surface area contributed by atoms with Crippen molar-refractivity contribution in [2.75, 3.05) is 7.11 Å². The zero-order valence-corrected chi connectivity index (χ0v) is 16.6. The Morgan fingerprint density at radius 1 is 1.37 bits per heavy atom. The molecule has 0 radical (unpaired) electrons. The average Bonchev–Trinajstić information content (AvgIpc) is 3.15. The Hall–Kier alpha value is -2.11. The number of hydrogen-bond acceptors (Lipinski definition) is 3. The highest BCUT2D eigenvalue weighted by atomic mass is 35.5. The maximum atomic E-state index is 14.6. The summed E-state index contributed by atoms with van der Waals surface area (Å²) in [5.41, 5.74) is 3.58. The monoisotopic (exact) mass is 403 g/mol. The molecule has 3 nitrogen and oxygen atoms in total. The lowest BCUT2D eigenvalue weighted by Gasteiger charge is -2.26. The van der Waals surface area contributed by atoms with E-state index in [0.29, 0.717) is 34.6 Å². The second kappa shape index (κ2) is 7.13. The highest BCUT2D eigenvalue weighted by molar-refractivity contribution is 7.17. The Bertz CT molecular complexity index is 1120. The summed E-state index contributed by atoms with van der Waals surface area (Å²) >= 11 is 7.94. The van der Waals surface area contributed by atoms with Gasteiger partial charge in [-0.2, -0.15) is 0 Å². The standard InChI is InChI=1S/C21H19ClFNO2S/c1-3-4-11-5-6-12(9-15(11)23)17-16(26-2)10-14(22)19-18(17)13-7-8-27-20(13)21(25)24-19/h5-9,14H,3-4,10H2,1-2H3,(H,24,25). The number of pyridine rings is 1. The second-order valence-electron chi connectivity index (χ2n) is 6.64. The lowest BCUT2D eigenvalue weighted by molar-refractivity contribution is 0.276. The third kappa shape index (κ3) is 2.99. The van der Waals surface area contributed by atoms with Crippen LogP contribution in [0.15, 0.2) is 40.2 Å². The van der Waals surface area contributed by atoms with Crippen LogP contribution in [0.4, 0.5) is 4.39 Å². The van der Waals surface area contributed by atoms with Gasteiger partial charge in [-0.05, 0) is 35.1 Å². The van der Waals surface area contributed by atoms with E-state index in [1.165, 1.54) is 11.3 Å². The molecular formula is C21H19ClFNO2S. The van der Waals surface area contributed by atoms with Crippen molar-refractivity contribution in [3.05, 3.63) is 74.0 Å². The number of aromatic amines is 1. The van der Waals surface area contributed by atoms with Crippen LogP contribution in [-0.4, -0.2) is 12.1 Å². The van der Waals surface area contributed by atoms with Gasteiger partial charge in [-0.1, -0.05) is 25.5 Å². The number of ether oxygens (including phenoxy) is 1. The number of halogens is 2. The first kappa shape index (κ1) is 18.3. The summed E-state index contributed by atoms with van der Waals surface area (Å²) in [5, 5.41) is 2.30. The molecule has 1 atom stereocenters. The van der Waals surface area contributed by atoms with Crippen LogP contribution < -0.4 is 5.56 Å². The number of allylic oxidation sites excluding steroid dienone is 1. The van der Waals surface area contributed by atoms with E-state index >= 15 is 0 Å². The van der Waals surface area contributed by atoms with E-state index in [4.69, 9.17) is 16.3 Å². The van der Waals surface area contributed by atoms with Crippen molar-refractivity contribution >= 4 is 38.6 Å². The summed E-state index contributed by atoms with van der Waals surface area (Å²) in [6.45, 7) is 2.03. The van der Waals surface area contributed by atoms with Gasteiger partial charge in [0, 0.05) is 28.6 Å². The number of rotatable bonds is 4. The molecule has 2 aromatic heterocycles. The van der Waals surface area contributed by atoms with E-state index in [1.54, 1.807) is 13.2 Å². The van der Waals surface area contributed by atoms with E-state index in [9.17, 15) is 9.18 Å². The first-order valence-electron chi connectivity index (χ1n) is 8.88. The number of nitrogens with one attached hydrogen (secondary N) is 1. The van der Waals surface area contributed by atoms with Crippen LogP contribution in [-0.2, 0) is 11.2 Å². The number of benzene rings is 1. The predicted octanol–water partition coefficient (Wildman–Crippen LogP) is 5.77. The summed E-state index contributed by atoms with van der Waals surface area (Å²) in [5.74, 6) is 0.475. The summed E-state index contributed by atoms with van der Waals surface area (Å²) < 4.78 is 20.9. The smallest absolute Gasteiger partial charge is 0.266 e. The molecule has 0 saturated heterocycles. The third-order valence-corrected chi connectivity index (χ3v) is 6.26. The minimum atomic E-state index is -0.403. The molecule has 0 bridgehead atoms. The van der Waals surface area contributed by atoms with Crippen LogP contribution in [0.3, 0.4) is 0 Å². The zero-order valence-electron chi connectivity index (χ0n) is 15.1. The molecule has 1 aromatic carbocycles. The summed E-state index contributed by atoms with van der Waals surface area (Å²) in [6.07, 6.45) is 2.02. The van der Waals surface area contributed by atoms with Crippen molar-refractivity contribution < 1.29 is 9.13 Å². The fourth-order valence-electron chi connectivity index (χ4n) is 3.74. The molecule has 0 amide bonds.